The molecule has 1 heterocycles. The molecule has 1 fully saturated rings. The van der Waals surface area contributed by atoms with Crippen molar-refractivity contribution in [3.8, 4) is 0 Å². The highest BCUT2D eigenvalue weighted by Gasteiger charge is 2.40. The minimum absolute atomic E-state index is 0. The third kappa shape index (κ3) is 5.13. The number of nitro benzene ring substituents is 1. The number of rotatable bonds is 6. The molecule has 9 nitrogen and oxygen atoms in total. The lowest BCUT2D eigenvalue weighted by Crippen LogP contribution is -2.51. The molecule has 1 aliphatic rings. The lowest BCUT2D eigenvalue weighted by Gasteiger charge is -2.25. The second-order valence-electron chi connectivity index (χ2n) is 6.73. The van der Waals surface area contributed by atoms with Gasteiger partial charge in [-0.25, -0.2) is 8.42 Å². The smallest absolute Gasteiger partial charge is 0.270 e. The number of carbonyl (C=O) groups is 1. The van der Waals surface area contributed by atoms with Gasteiger partial charge >= 0.3 is 0 Å². The van der Waals surface area contributed by atoms with E-state index in [9.17, 15) is 23.3 Å². The zero-order valence-corrected chi connectivity index (χ0v) is 16.2. The van der Waals surface area contributed by atoms with Gasteiger partial charge < -0.3 is 11.1 Å². The number of nitrogens with one attached hydrogen (secondary N) is 1. The van der Waals surface area contributed by atoms with Gasteiger partial charge in [-0.15, -0.1) is 12.4 Å². The minimum atomic E-state index is -4.01. The molecule has 0 bridgehead atoms. The number of non-ortho nitro benzene ring substituents is 1. The van der Waals surface area contributed by atoms with Gasteiger partial charge in [0.25, 0.3) is 5.69 Å². The van der Waals surface area contributed by atoms with E-state index >= 15 is 0 Å². The number of amides is 1. The van der Waals surface area contributed by atoms with Crippen molar-refractivity contribution in [1.29, 1.82) is 0 Å². The molecule has 1 saturated heterocycles. The molecule has 2 rings (SSSR count). The largest absolute Gasteiger partial charge is 0.353 e. The Balaban J connectivity index is 0.00000338. The monoisotopic (exact) mass is 406 g/mol. The van der Waals surface area contributed by atoms with Crippen molar-refractivity contribution in [3.05, 3.63) is 34.4 Å². The average Bonchev–Trinajstić information content (AvgIpc) is 3.02. The summed E-state index contributed by atoms with van der Waals surface area (Å²) in [6.45, 7) is 3.90. The fourth-order valence-electron chi connectivity index (χ4n) is 2.62. The lowest BCUT2D eigenvalue weighted by molar-refractivity contribution is -0.385. The quantitative estimate of drug-likeness (QED) is 0.534. The van der Waals surface area contributed by atoms with Gasteiger partial charge in [-0.3, -0.25) is 14.9 Å². The van der Waals surface area contributed by atoms with Crippen molar-refractivity contribution < 1.29 is 18.1 Å². The van der Waals surface area contributed by atoms with E-state index in [1.165, 1.54) is 18.2 Å². The van der Waals surface area contributed by atoms with Gasteiger partial charge in [-0.05, 0) is 32.8 Å². The molecular formula is C15H23ClN4O5S. The van der Waals surface area contributed by atoms with Crippen molar-refractivity contribution in [2.24, 2.45) is 5.73 Å². The first kappa shape index (κ1) is 22.3. The molecule has 1 amide bonds. The maximum atomic E-state index is 12.8. The number of benzene rings is 1. The van der Waals surface area contributed by atoms with Gasteiger partial charge in [0.2, 0.25) is 15.9 Å². The van der Waals surface area contributed by atoms with E-state index in [-0.39, 0.29) is 36.1 Å². The molecule has 1 unspecified atom stereocenters. The standard InChI is InChI=1S/C15H22N4O5S.ClH/c1-15(2,16)10-17-14(20)13-7-4-8-18(13)25(23,24)12-6-3-5-11(9-12)19(21)22;/h3,5-6,9,13H,4,7-8,10,16H2,1-2H3,(H,17,20);1H. The second-order valence-corrected chi connectivity index (χ2v) is 8.63. The Morgan fingerprint density at radius 2 is 2.12 bits per heavy atom. The van der Waals surface area contributed by atoms with Crippen LogP contribution in [-0.4, -0.2) is 48.2 Å². The van der Waals surface area contributed by atoms with Gasteiger partial charge in [-0.2, -0.15) is 4.31 Å². The molecule has 0 radical (unpaired) electrons. The molecule has 0 spiro atoms. The molecule has 1 atom stereocenters. The van der Waals surface area contributed by atoms with Crippen LogP contribution in [0, 0.1) is 10.1 Å². The number of hydrogen-bond donors (Lipinski definition) is 2. The first-order valence-corrected chi connectivity index (χ1v) is 9.29. The number of nitrogens with two attached hydrogens (primary N) is 1. The van der Waals surface area contributed by atoms with E-state index < -0.39 is 32.4 Å². The summed E-state index contributed by atoms with van der Waals surface area (Å²) in [6.07, 6.45) is 0.934. The van der Waals surface area contributed by atoms with Gasteiger partial charge in [-0.1, -0.05) is 6.07 Å². The molecule has 0 saturated carbocycles. The molecule has 11 heteroatoms. The summed E-state index contributed by atoms with van der Waals surface area (Å²) in [5.74, 6) is -0.412. The summed E-state index contributed by atoms with van der Waals surface area (Å²) >= 11 is 0. The predicted molar refractivity (Wildman–Crippen MR) is 98.5 cm³/mol. The highest BCUT2D eigenvalue weighted by atomic mass is 35.5. The van der Waals surface area contributed by atoms with E-state index in [0.717, 1.165) is 10.4 Å². The van der Waals surface area contributed by atoms with Crippen LogP contribution in [0.5, 0.6) is 0 Å². The Kier molecular flexibility index (Phi) is 7.11. The number of nitrogens with zero attached hydrogens (tertiary/aromatic N) is 2. The van der Waals surface area contributed by atoms with Crippen molar-refractivity contribution in [2.75, 3.05) is 13.1 Å². The number of sulfonamides is 1. The maximum absolute atomic E-state index is 12.8. The van der Waals surface area contributed by atoms with Crippen LogP contribution < -0.4 is 11.1 Å². The molecule has 26 heavy (non-hydrogen) atoms. The molecule has 1 aromatic carbocycles. The van der Waals surface area contributed by atoms with Crippen LogP contribution in [-0.2, 0) is 14.8 Å². The van der Waals surface area contributed by atoms with Crippen LogP contribution >= 0.6 is 12.4 Å². The molecule has 0 aromatic heterocycles. The highest BCUT2D eigenvalue weighted by molar-refractivity contribution is 7.89. The summed E-state index contributed by atoms with van der Waals surface area (Å²) in [5.41, 5.74) is 4.90. The third-order valence-electron chi connectivity index (χ3n) is 3.86. The summed E-state index contributed by atoms with van der Waals surface area (Å²) in [7, 11) is -4.01. The fourth-order valence-corrected chi connectivity index (χ4v) is 4.31. The summed E-state index contributed by atoms with van der Waals surface area (Å²) in [6, 6.07) is 3.99. The highest BCUT2D eigenvalue weighted by Crippen LogP contribution is 2.28. The molecule has 146 valence electrons. The van der Waals surface area contributed by atoms with E-state index in [4.69, 9.17) is 5.73 Å². The summed E-state index contributed by atoms with van der Waals surface area (Å²) in [4.78, 5) is 22.4. The van der Waals surface area contributed by atoms with Crippen molar-refractivity contribution >= 4 is 34.0 Å². The Hall–Kier alpha value is -1.75. The third-order valence-corrected chi connectivity index (χ3v) is 5.76. The minimum Gasteiger partial charge on any atom is -0.353 e. The predicted octanol–water partition coefficient (Wildman–Crippen LogP) is 1.02. The second kappa shape index (κ2) is 8.30. The summed E-state index contributed by atoms with van der Waals surface area (Å²) < 4.78 is 26.7. The molecule has 1 aliphatic heterocycles. The Morgan fingerprint density at radius 1 is 1.46 bits per heavy atom. The molecule has 3 N–H and O–H groups in total. The molecule has 0 aliphatic carbocycles. The van der Waals surface area contributed by atoms with Crippen LogP contribution in [0.3, 0.4) is 0 Å². The van der Waals surface area contributed by atoms with E-state index in [2.05, 4.69) is 5.32 Å². The Labute approximate surface area is 158 Å². The summed E-state index contributed by atoms with van der Waals surface area (Å²) in [5, 5.41) is 13.5. The van der Waals surface area contributed by atoms with Crippen LogP contribution in [0.4, 0.5) is 5.69 Å². The van der Waals surface area contributed by atoms with Crippen LogP contribution in [0.2, 0.25) is 0 Å². The van der Waals surface area contributed by atoms with Gasteiger partial charge in [0.15, 0.2) is 0 Å². The first-order chi connectivity index (χ1) is 11.5. The van der Waals surface area contributed by atoms with Crippen LogP contribution in [0.25, 0.3) is 0 Å². The van der Waals surface area contributed by atoms with Gasteiger partial charge in [0.1, 0.15) is 6.04 Å². The number of halogens is 1. The van der Waals surface area contributed by atoms with Crippen LogP contribution in [0.1, 0.15) is 26.7 Å². The van der Waals surface area contributed by atoms with E-state index in [1.807, 2.05) is 0 Å². The first-order valence-electron chi connectivity index (χ1n) is 7.85. The van der Waals surface area contributed by atoms with Crippen molar-refractivity contribution in [1.82, 2.24) is 9.62 Å². The van der Waals surface area contributed by atoms with Crippen LogP contribution in [0.15, 0.2) is 29.2 Å². The Morgan fingerprint density at radius 3 is 2.69 bits per heavy atom. The fraction of sp³-hybridized carbons (Fsp3) is 0.533. The Bertz CT molecular complexity index is 778. The van der Waals surface area contributed by atoms with E-state index in [0.29, 0.717) is 12.8 Å². The van der Waals surface area contributed by atoms with Crippen molar-refractivity contribution in [3.63, 3.8) is 0 Å². The van der Waals surface area contributed by atoms with Crippen molar-refractivity contribution in [2.45, 2.75) is 43.2 Å². The number of carbonyl (C=O) groups excluding carboxylic acids is 1. The maximum Gasteiger partial charge on any atom is 0.270 e. The molecular weight excluding hydrogens is 384 g/mol. The number of hydrogen-bond acceptors (Lipinski definition) is 6. The topological polar surface area (TPSA) is 136 Å². The molecule has 1 aromatic rings. The SMILES string of the molecule is CC(C)(N)CNC(=O)C1CCCN1S(=O)(=O)c1cccc([N+](=O)[O-])c1.Cl. The lowest BCUT2D eigenvalue weighted by atomic mass is 10.1. The average molecular weight is 407 g/mol. The van der Waals surface area contributed by atoms with Gasteiger partial charge in [0.05, 0.1) is 9.82 Å². The van der Waals surface area contributed by atoms with Gasteiger partial charge in [0, 0.05) is 30.8 Å². The zero-order valence-electron chi connectivity index (χ0n) is 14.5. The zero-order chi connectivity index (χ0) is 18.8. The normalized spacial score (nSPS) is 18.2. The van der Waals surface area contributed by atoms with E-state index in [1.54, 1.807) is 13.8 Å². The number of nitro groups is 1.